The van der Waals surface area contributed by atoms with Crippen LogP contribution in [0.3, 0.4) is 0 Å². The molecule has 1 aromatic carbocycles. The van der Waals surface area contributed by atoms with E-state index in [0.29, 0.717) is 0 Å². The minimum absolute atomic E-state index is 0.193. The Morgan fingerprint density at radius 3 is 2.70 bits per heavy atom. The van der Waals surface area contributed by atoms with Crippen LogP contribution in [0, 0.1) is 0 Å². The van der Waals surface area contributed by atoms with Crippen molar-refractivity contribution in [3.05, 3.63) is 58.7 Å². The summed E-state index contributed by atoms with van der Waals surface area (Å²) in [5, 5.41) is 1.86. The summed E-state index contributed by atoms with van der Waals surface area (Å²) in [5.41, 5.74) is 8.40. The molecule has 2 nitrogen and oxygen atoms in total. The predicted molar refractivity (Wildman–Crippen MR) is 87.2 cm³/mol. The Bertz CT molecular complexity index is 560. The van der Waals surface area contributed by atoms with Crippen LogP contribution in [0.15, 0.2) is 47.6 Å². The molecule has 0 amide bonds. The summed E-state index contributed by atoms with van der Waals surface area (Å²) in [6, 6.07) is 12.2. The number of aromatic nitrogens is 1. The van der Waals surface area contributed by atoms with Gasteiger partial charge in [0.2, 0.25) is 0 Å². The lowest BCUT2D eigenvalue weighted by molar-refractivity contribution is 0.637. The van der Waals surface area contributed by atoms with Gasteiger partial charge in [0.1, 0.15) is 0 Å². The summed E-state index contributed by atoms with van der Waals surface area (Å²) in [6.45, 7) is 2.11. The highest BCUT2D eigenvalue weighted by molar-refractivity contribution is 7.98. The van der Waals surface area contributed by atoms with Crippen molar-refractivity contribution in [2.45, 2.75) is 36.6 Å². The topological polar surface area (TPSA) is 38.9 Å². The minimum Gasteiger partial charge on any atom is -0.327 e. The third kappa shape index (κ3) is 4.23. The van der Waals surface area contributed by atoms with Gasteiger partial charge in [-0.2, -0.15) is 0 Å². The van der Waals surface area contributed by atoms with Crippen LogP contribution in [-0.2, 0) is 12.2 Å². The lowest BCUT2D eigenvalue weighted by Crippen LogP contribution is -2.21. The van der Waals surface area contributed by atoms with E-state index in [4.69, 9.17) is 17.3 Å². The van der Waals surface area contributed by atoms with Crippen LogP contribution in [0.2, 0.25) is 5.02 Å². The first kappa shape index (κ1) is 15.4. The maximum atomic E-state index is 6.18. The molecule has 0 aliphatic rings. The fourth-order valence-corrected chi connectivity index (χ4v) is 3.20. The molecule has 0 saturated carbocycles. The molecule has 1 unspecified atom stereocenters. The molecule has 1 atom stereocenters. The van der Waals surface area contributed by atoms with E-state index in [1.807, 2.05) is 30.5 Å². The van der Waals surface area contributed by atoms with Crippen molar-refractivity contribution in [1.29, 1.82) is 0 Å². The number of rotatable bonds is 6. The molecule has 0 radical (unpaired) electrons. The molecule has 4 heteroatoms. The summed E-state index contributed by atoms with van der Waals surface area (Å²) >= 11 is 7.90. The summed E-state index contributed by atoms with van der Waals surface area (Å²) in [5.74, 6) is 0.824. The average molecular weight is 307 g/mol. The van der Waals surface area contributed by atoms with Crippen LogP contribution in [0.1, 0.15) is 24.5 Å². The lowest BCUT2D eigenvalue weighted by atomic mass is 10.1. The quantitative estimate of drug-likeness (QED) is 0.808. The van der Waals surface area contributed by atoms with Crippen molar-refractivity contribution in [2.75, 3.05) is 0 Å². The highest BCUT2D eigenvalue weighted by Gasteiger charge is 2.09. The monoisotopic (exact) mass is 306 g/mol. The predicted octanol–water partition coefficient (Wildman–Crippen LogP) is 4.31. The smallest absolute Gasteiger partial charge is 0.0995 e. The molecular formula is C16H19ClN2S. The number of nitrogens with zero attached hydrogens (tertiary/aromatic N) is 1. The molecule has 20 heavy (non-hydrogen) atoms. The second-order valence-corrected chi connectivity index (χ2v) is 6.09. The molecule has 1 heterocycles. The van der Waals surface area contributed by atoms with Gasteiger partial charge in [-0.3, -0.25) is 0 Å². The molecule has 0 spiro atoms. The fourth-order valence-electron chi connectivity index (χ4n) is 1.90. The van der Waals surface area contributed by atoms with E-state index in [2.05, 4.69) is 24.0 Å². The van der Waals surface area contributed by atoms with Crippen LogP contribution < -0.4 is 5.73 Å². The highest BCUT2D eigenvalue weighted by atomic mass is 35.5. The summed E-state index contributed by atoms with van der Waals surface area (Å²) in [7, 11) is 0. The Morgan fingerprint density at radius 2 is 1.95 bits per heavy atom. The molecule has 0 saturated heterocycles. The molecule has 2 N–H and O–H groups in total. The number of pyridine rings is 1. The Labute approximate surface area is 129 Å². The number of nitrogens with two attached hydrogens (primary N) is 1. The van der Waals surface area contributed by atoms with Crippen LogP contribution in [0.5, 0.6) is 0 Å². The van der Waals surface area contributed by atoms with Crippen LogP contribution in [-0.4, -0.2) is 11.0 Å². The first-order valence-corrected chi connectivity index (χ1v) is 8.12. The van der Waals surface area contributed by atoms with Gasteiger partial charge in [0.05, 0.1) is 5.03 Å². The van der Waals surface area contributed by atoms with Crippen molar-refractivity contribution in [3.63, 3.8) is 0 Å². The molecule has 106 valence electrons. The van der Waals surface area contributed by atoms with Crippen LogP contribution >= 0.6 is 23.4 Å². The van der Waals surface area contributed by atoms with E-state index in [-0.39, 0.29) is 6.04 Å². The Kier molecular flexibility index (Phi) is 5.89. The van der Waals surface area contributed by atoms with Gasteiger partial charge in [-0.1, -0.05) is 42.8 Å². The number of thioether (sulfide) groups is 1. The number of hydrogen-bond donors (Lipinski definition) is 1. The molecule has 0 bridgehead atoms. The van der Waals surface area contributed by atoms with Crippen LogP contribution in [0.4, 0.5) is 0 Å². The van der Waals surface area contributed by atoms with Crippen molar-refractivity contribution >= 4 is 23.4 Å². The van der Waals surface area contributed by atoms with Crippen LogP contribution in [0.25, 0.3) is 0 Å². The zero-order chi connectivity index (χ0) is 14.4. The SMILES string of the molecule is CCC(N)Cc1cccnc1SCc1ccccc1Cl. The molecule has 2 rings (SSSR count). The molecule has 0 fully saturated rings. The van der Waals surface area contributed by atoms with Gasteiger partial charge >= 0.3 is 0 Å². The third-order valence-corrected chi connectivity index (χ3v) is 4.64. The van der Waals surface area contributed by atoms with Gasteiger partial charge in [0, 0.05) is 23.0 Å². The first-order valence-electron chi connectivity index (χ1n) is 6.76. The molecule has 0 aliphatic heterocycles. The van der Waals surface area contributed by atoms with Gasteiger partial charge < -0.3 is 5.73 Å². The Hall–Kier alpha value is -1.03. The molecule has 2 aromatic rings. The van der Waals surface area contributed by atoms with Gasteiger partial charge in [0.25, 0.3) is 0 Å². The maximum Gasteiger partial charge on any atom is 0.0995 e. The van der Waals surface area contributed by atoms with Gasteiger partial charge in [-0.25, -0.2) is 4.98 Å². The van der Waals surface area contributed by atoms with Crippen molar-refractivity contribution in [2.24, 2.45) is 5.73 Å². The Morgan fingerprint density at radius 1 is 1.20 bits per heavy atom. The summed E-state index contributed by atoms with van der Waals surface area (Å²) in [4.78, 5) is 4.48. The number of halogens is 1. The van der Waals surface area contributed by atoms with E-state index in [9.17, 15) is 0 Å². The van der Waals surface area contributed by atoms with E-state index >= 15 is 0 Å². The van der Waals surface area contributed by atoms with E-state index in [0.717, 1.165) is 34.2 Å². The van der Waals surface area contributed by atoms with Gasteiger partial charge in [0.15, 0.2) is 0 Å². The van der Waals surface area contributed by atoms with E-state index in [1.54, 1.807) is 11.8 Å². The molecule has 0 aliphatic carbocycles. The van der Waals surface area contributed by atoms with E-state index < -0.39 is 0 Å². The fraction of sp³-hybridized carbons (Fsp3) is 0.312. The Balaban J connectivity index is 2.08. The molecular weight excluding hydrogens is 288 g/mol. The molecule has 1 aromatic heterocycles. The standard InChI is InChI=1S/C16H19ClN2S/c1-2-14(18)10-12-7-5-9-19-16(12)20-11-13-6-3-4-8-15(13)17/h3-9,14H,2,10-11,18H2,1H3. The van der Waals surface area contributed by atoms with Crippen molar-refractivity contribution < 1.29 is 0 Å². The lowest BCUT2D eigenvalue weighted by Gasteiger charge is -2.12. The largest absolute Gasteiger partial charge is 0.327 e. The van der Waals surface area contributed by atoms with Gasteiger partial charge in [-0.15, -0.1) is 11.8 Å². The van der Waals surface area contributed by atoms with Gasteiger partial charge in [-0.05, 0) is 36.1 Å². The van der Waals surface area contributed by atoms with Crippen molar-refractivity contribution in [3.8, 4) is 0 Å². The second-order valence-electron chi connectivity index (χ2n) is 4.72. The normalized spacial score (nSPS) is 12.3. The maximum absolute atomic E-state index is 6.18. The summed E-state index contributed by atoms with van der Waals surface area (Å²) in [6.07, 6.45) is 3.68. The number of benzene rings is 1. The zero-order valence-electron chi connectivity index (χ0n) is 11.6. The highest BCUT2D eigenvalue weighted by Crippen LogP contribution is 2.28. The number of hydrogen-bond acceptors (Lipinski definition) is 3. The average Bonchev–Trinajstić information content (AvgIpc) is 2.47. The van der Waals surface area contributed by atoms with E-state index in [1.165, 1.54) is 5.56 Å². The third-order valence-electron chi connectivity index (χ3n) is 3.18. The second kappa shape index (κ2) is 7.67. The van der Waals surface area contributed by atoms with Crippen molar-refractivity contribution in [1.82, 2.24) is 4.98 Å². The first-order chi connectivity index (χ1) is 9.70. The zero-order valence-corrected chi connectivity index (χ0v) is 13.1. The minimum atomic E-state index is 0.193. The summed E-state index contributed by atoms with van der Waals surface area (Å²) < 4.78 is 0.